The molecular formula is C22H36N2O3. The molecule has 0 aliphatic rings. The van der Waals surface area contributed by atoms with Gasteiger partial charge in [0.25, 0.3) is 0 Å². The van der Waals surface area contributed by atoms with Crippen LogP contribution in [-0.4, -0.2) is 32.8 Å². The minimum Gasteiger partial charge on any atom is -0.469 e. The summed E-state index contributed by atoms with van der Waals surface area (Å²) in [7, 11) is 2.89. The Labute approximate surface area is 165 Å². The standard InChI is InChI=1S/C19H32N2O2.C3H4O/c1-6-12-20-18-13-17(11-8-14(18)3)21-16(7-2)10-9-15(4)19(22)23-5;1-3-4-2/h8,11,13,15-16,20-21H,6-7,9-10,12H2,1-5H3;1H,2H3/t15-,16?;/m1./s1. The first kappa shape index (κ1) is 24.7. The molecule has 0 bridgehead atoms. The van der Waals surface area contributed by atoms with Gasteiger partial charge in [-0.05, 0) is 50.3 Å². The van der Waals surface area contributed by atoms with E-state index in [0.717, 1.165) is 37.9 Å². The summed E-state index contributed by atoms with van der Waals surface area (Å²) in [5.41, 5.74) is 3.58. The third-order valence-corrected chi connectivity index (χ3v) is 4.34. The van der Waals surface area contributed by atoms with Crippen molar-refractivity contribution in [3.05, 3.63) is 23.8 Å². The van der Waals surface area contributed by atoms with Crippen molar-refractivity contribution in [2.45, 2.75) is 59.4 Å². The fourth-order valence-electron chi connectivity index (χ4n) is 2.55. The molecule has 152 valence electrons. The van der Waals surface area contributed by atoms with Crippen LogP contribution in [0.15, 0.2) is 18.2 Å². The van der Waals surface area contributed by atoms with Gasteiger partial charge in [-0.3, -0.25) is 4.79 Å². The molecule has 5 heteroatoms. The molecule has 0 aliphatic heterocycles. The molecule has 27 heavy (non-hydrogen) atoms. The van der Waals surface area contributed by atoms with Crippen LogP contribution >= 0.6 is 0 Å². The minimum absolute atomic E-state index is 0.0457. The number of hydrogen-bond donors (Lipinski definition) is 2. The van der Waals surface area contributed by atoms with Gasteiger partial charge in [-0.2, -0.15) is 0 Å². The highest BCUT2D eigenvalue weighted by atomic mass is 16.5. The normalized spacial score (nSPS) is 11.9. The van der Waals surface area contributed by atoms with Crippen LogP contribution in [0.4, 0.5) is 11.4 Å². The second kappa shape index (κ2) is 14.8. The molecule has 1 aromatic carbocycles. The molecule has 0 heterocycles. The van der Waals surface area contributed by atoms with E-state index in [-0.39, 0.29) is 11.9 Å². The molecule has 1 rings (SSSR count). The number of aryl methyl sites for hydroxylation is 1. The van der Waals surface area contributed by atoms with Gasteiger partial charge in [0.2, 0.25) is 0 Å². The van der Waals surface area contributed by atoms with E-state index in [1.54, 1.807) is 0 Å². The number of hydrogen-bond acceptors (Lipinski definition) is 5. The average Bonchev–Trinajstić information content (AvgIpc) is 2.70. The molecule has 0 spiro atoms. The van der Waals surface area contributed by atoms with E-state index in [1.807, 2.05) is 13.0 Å². The topological polar surface area (TPSA) is 59.6 Å². The Bertz CT molecular complexity index is 581. The zero-order chi connectivity index (χ0) is 20.7. The fourth-order valence-corrected chi connectivity index (χ4v) is 2.55. The Morgan fingerprint density at radius 1 is 1.26 bits per heavy atom. The average molecular weight is 377 g/mol. The summed E-state index contributed by atoms with van der Waals surface area (Å²) < 4.78 is 8.86. The number of benzene rings is 1. The van der Waals surface area contributed by atoms with E-state index >= 15 is 0 Å². The van der Waals surface area contributed by atoms with Crippen molar-refractivity contribution in [2.24, 2.45) is 5.92 Å². The SMILES string of the molecule is C#COC.CCCNc1cc(NC(CC)CC[C@@H](C)C(=O)OC)ccc1C. The number of esters is 1. The van der Waals surface area contributed by atoms with Gasteiger partial charge >= 0.3 is 5.97 Å². The summed E-state index contributed by atoms with van der Waals surface area (Å²) in [5, 5.41) is 7.06. The molecule has 0 aromatic heterocycles. The molecule has 1 aromatic rings. The number of methoxy groups -OCH3 is 2. The maximum atomic E-state index is 11.5. The van der Waals surface area contributed by atoms with Crippen molar-refractivity contribution in [2.75, 3.05) is 31.4 Å². The van der Waals surface area contributed by atoms with Crippen LogP contribution in [0.2, 0.25) is 0 Å². The maximum absolute atomic E-state index is 11.5. The van der Waals surface area contributed by atoms with Crippen molar-refractivity contribution in [1.29, 1.82) is 0 Å². The van der Waals surface area contributed by atoms with Crippen molar-refractivity contribution >= 4 is 17.3 Å². The first-order valence-electron chi connectivity index (χ1n) is 9.60. The molecule has 0 radical (unpaired) electrons. The number of anilines is 2. The Kier molecular flexibility index (Phi) is 13.5. The lowest BCUT2D eigenvalue weighted by Gasteiger charge is -2.21. The van der Waals surface area contributed by atoms with Gasteiger partial charge in [0, 0.05) is 24.0 Å². The number of rotatable bonds is 10. The fraction of sp³-hybridized carbons (Fsp3) is 0.591. The van der Waals surface area contributed by atoms with Gasteiger partial charge in [0.1, 0.15) is 6.11 Å². The van der Waals surface area contributed by atoms with Gasteiger partial charge in [0.15, 0.2) is 0 Å². The van der Waals surface area contributed by atoms with Crippen LogP contribution in [0, 0.1) is 25.4 Å². The molecule has 1 unspecified atom stereocenters. The van der Waals surface area contributed by atoms with Gasteiger partial charge in [0.05, 0.1) is 20.1 Å². The van der Waals surface area contributed by atoms with Crippen molar-refractivity contribution in [3.63, 3.8) is 0 Å². The molecule has 0 saturated heterocycles. The summed E-state index contributed by atoms with van der Waals surface area (Å²) in [6.45, 7) is 9.37. The van der Waals surface area contributed by atoms with Crippen molar-refractivity contribution in [1.82, 2.24) is 0 Å². The highest BCUT2D eigenvalue weighted by Gasteiger charge is 2.15. The second-order valence-corrected chi connectivity index (χ2v) is 6.53. The Hall–Kier alpha value is -2.35. The Balaban J connectivity index is 0.00000153. The number of ether oxygens (including phenoxy) is 2. The van der Waals surface area contributed by atoms with E-state index in [1.165, 1.54) is 25.5 Å². The van der Waals surface area contributed by atoms with Crippen LogP contribution in [0.25, 0.3) is 0 Å². The number of terminal acetylenes is 1. The third kappa shape index (κ3) is 10.4. The van der Waals surface area contributed by atoms with Crippen LogP contribution in [0.5, 0.6) is 0 Å². The van der Waals surface area contributed by atoms with Crippen LogP contribution in [0.3, 0.4) is 0 Å². The van der Waals surface area contributed by atoms with Crippen LogP contribution < -0.4 is 10.6 Å². The summed E-state index contributed by atoms with van der Waals surface area (Å²) in [5.74, 6) is -0.170. The Morgan fingerprint density at radius 3 is 2.44 bits per heavy atom. The number of carbonyl (C=O) groups excluding carboxylic acids is 1. The van der Waals surface area contributed by atoms with Gasteiger partial charge < -0.3 is 20.1 Å². The zero-order valence-electron chi connectivity index (χ0n) is 17.7. The summed E-state index contributed by atoms with van der Waals surface area (Å²) in [6, 6.07) is 6.81. The molecule has 2 N–H and O–H groups in total. The third-order valence-electron chi connectivity index (χ3n) is 4.34. The van der Waals surface area contributed by atoms with Crippen molar-refractivity contribution in [3.8, 4) is 12.5 Å². The Morgan fingerprint density at radius 2 is 1.93 bits per heavy atom. The van der Waals surface area contributed by atoms with E-state index in [2.05, 4.69) is 60.8 Å². The predicted molar refractivity (Wildman–Crippen MR) is 114 cm³/mol. The molecule has 0 amide bonds. The number of nitrogens with one attached hydrogen (secondary N) is 2. The van der Waals surface area contributed by atoms with Crippen LogP contribution in [-0.2, 0) is 14.3 Å². The lowest BCUT2D eigenvalue weighted by atomic mass is 10.00. The minimum atomic E-state index is -0.124. The molecular weight excluding hydrogens is 340 g/mol. The molecule has 0 aliphatic carbocycles. The highest BCUT2D eigenvalue weighted by molar-refractivity contribution is 5.71. The lowest BCUT2D eigenvalue weighted by Crippen LogP contribution is -2.21. The van der Waals surface area contributed by atoms with E-state index in [4.69, 9.17) is 4.74 Å². The lowest BCUT2D eigenvalue weighted by molar-refractivity contribution is -0.145. The maximum Gasteiger partial charge on any atom is 0.308 e. The van der Waals surface area contributed by atoms with E-state index in [0.29, 0.717) is 6.04 Å². The van der Waals surface area contributed by atoms with E-state index < -0.39 is 0 Å². The molecule has 5 nitrogen and oxygen atoms in total. The molecule has 0 fully saturated rings. The first-order chi connectivity index (χ1) is 12.9. The summed E-state index contributed by atoms with van der Waals surface area (Å²) in [6.07, 6.45) is 10.4. The predicted octanol–water partition coefficient (Wildman–Crippen LogP) is 4.82. The quantitative estimate of drug-likeness (QED) is 0.453. The zero-order valence-corrected chi connectivity index (χ0v) is 17.7. The highest BCUT2D eigenvalue weighted by Crippen LogP contribution is 2.23. The number of carbonyl (C=O) groups is 1. The van der Waals surface area contributed by atoms with E-state index in [9.17, 15) is 4.79 Å². The van der Waals surface area contributed by atoms with Gasteiger partial charge in [-0.15, -0.1) is 0 Å². The van der Waals surface area contributed by atoms with Gasteiger partial charge in [-0.25, -0.2) is 0 Å². The van der Waals surface area contributed by atoms with Gasteiger partial charge in [-0.1, -0.05) is 33.3 Å². The summed E-state index contributed by atoms with van der Waals surface area (Å²) >= 11 is 0. The summed E-state index contributed by atoms with van der Waals surface area (Å²) in [4.78, 5) is 11.5. The monoisotopic (exact) mass is 376 g/mol. The van der Waals surface area contributed by atoms with Crippen molar-refractivity contribution < 1.29 is 14.3 Å². The largest absolute Gasteiger partial charge is 0.469 e. The molecule has 2 atom stereocenters. The smallest absolute Gasteiger partial charge is 0.308 e. The first-order valence-corrected chi connectivity index (χ1v) is 9.60. The second-order valence-electron chi connectivity index (χ2n) is 6.53. The van der Waals surface area contributed by atoms with Crippen LogP contribution in [0.1, 0.15) is 52.0 Å². The molecule has 0 saturated carbocycles.